The lowest BCUT2D eigenvalue weighted by atomic mass is 9.94. The summed E-state index contributed by atoms with van der Waals surface area (Å²) >= 11 is 0. The molecule has 2 atom stereocenters. The van der Waals surface area contributed by atoms with Gasteiger partial charge in [-0.3, -0.25) is 4.79 Å². The molecule has 15 heteroatoms. The van der Waals surface area contributed by atoms with Crippen LogP contribution in [0.15, 0.2) is 29.0 Å². The van der Waals surface area contributed by atoms with Crippen LogP contribution < -0.4 is 15.5 Å². The van der Waals surface area contributed by atoms with Crippen molar-refractivity contribution in [1.82, 2.24) is 25.0 Å². The molecule has 2 aliphatic rings. The zero-order valence-electron chi connectivity index (χ0n) is 22.4. The number of nitrogens with two attached hydrogens (primary N) is 1. The first-order valence-electron chi connectivity index (χ1n) is 13.2. The molecule has 41 heavy (non-hydrogen) atoms. The van der Waals surface area contributed by atoms with Gasteiger partial charge in [0.05, 0.1) is 5.56 Å². The van der Waals surface area contributed by atoms with Crippen molar-refractivity contribution in [2.24, 2.45) is 5.73 Å². The van der Waals surface area contributed by atoms with Gasteiger partial charge in [0, 0.05) is 76.1 Å². The maximum atomic E-state index is 14.3. The largest absolute Gasteiger partial charge is 0.339 e. The van der Waals surface area contributed by atoms with Gasteiger partial charge in [-0.05, 0) is 31.4 Å². The SMILES string of the molecule is CCN(C(=O)c1cnc(N2C[C@H](c3cc(F)c(F)cc3F)[C@@H](N)C2)nc1)C1CCN(c2nc(C(C)(F)F)no2)CC1. The van der Waals surface area contributed by atoms with Crippen LogP contribution in [0.3, 0.4) is 0 Å². The van der Waals surface area contributed by atoms with E-state index in [2.05, 4.69) is 20.1 Å². The van der Waals surface area contributed by atoms with Crippen molar-refractivity contribution in [2.45, 2.75) is 50.6 Å². The molecule has 2 N–H and O–H groups in total. The van der Waals surface area contributed by atoms with E-state index < -0.39 is 41.2 Å². The van der Waals surface area contributed by atoms with E-state index in [0.29, 0.717) is 45.5 Å². The monoisotopic (exact) mass is 580 g/mol. The molecule has 10 nitrogen and oxygen atoms in total. The molecule has 2 aliphatic heterocycles. The summed E-state index contributed by atoms with van der Waals surface area (Å²) in [6.07, 6.45) is 3.94. The average molecular weight is 581 g/mol. The zero-order valence-corrected chi connectivity index (χ0v) is 22.4. The maximum absolute atomic E-state index is 14.3. The van der Waals surface area contributed by atoms with Crippen molar-refractivity contribution >= 4 is 17.9 Å². The summed E-state index contributed by atoms with van der Waals surface area (Å²) < 4.78 is 73.4. The molecule has 4 heterocycles. The van der Waals surface area contributed by atoms with E-state index in [0.717, 1.165) is 6.07 Å². The number of hydrogen-bond acceptors (Lipinski definition) is 9. The van der Waals surface area contributed by atoms with Crippen LogP contribution in [-0.2, 0) is 5.92 Å². The molecule has 0 saturated carbocycles. The van der Waals surface area contributed by atoms with E-state index in [1.807, 2.05) is 6.92 Å². The van der Waals surface area contributed by atoms with Gasteiger partial charge in [-0.1, -0.05) is 5.16 Å². The summed E-state index contributed by atoms with van der Waals surface area (Å²) in [7, 11) is 0. The van der Waals surface area contributed by atoms with Gasteiger partial charge in [-0.25, -0.2) is 23.1 Å². The van der Waals surface area contributed by atoms with Crippen molar-refractivity contribution in [2.75, 3.05) is 42.5 Å². The Morgan fingerprint density at radius 2 is 1.73 bits per heavy atom. The topological polar surface area (TPSA) is 118 Å². The summed E-state index contributed by atoms with van der Waals surface area (Å²) in [6, 6.07) is 0.678. The fourth-order valence-corrected chi connectivity index (χ4v) is 5.36. The molecule has 1 amide bonds. The molecule has 2 aromatic heterocycles. The first kappa shape index (κ1) is 28.6. The summed E-state index contributed by atoms with van der Waals surface area (Å²) in [5, 5.41) is 3.36. The highest BCUT2D eigenvalue weighted by atomic mass is 19.3. The van der Waals surface area contributed by atoms with Gasteiger partial charge >= 0.3 is 11.9 Å². The zero-order chi connectivity index (χ0) is 29.5. The molecule has 0 radical (unpaired) electrons. The molecule has 1 aromatic carbocycles. The van der Waals surface area contributed by atoms with Crippen molar-refractivity contribution in [1.29, 1.82) is 0 Å². The summed E-state index contributed by atoms with van der Waals surface area (Å²) in [6.45, 7) is 4.31. The molecule has 2 fully saturated rings. The maximum Gasteiger partial charge on any atom is 0.324 e. The van der Waals surface area contributed by atoms with Crippen LogP contribution in [0.5, 0.6) is 0 Å². The van der Waals surface area contributed by atoms with Gasteiger partial charge < -0.3 is 25.0 Å². The summed E-state index contributed by atoms with van der Waals surface area (Å²) in [5.41, 5.74) is 6.45. The van der Waals surface area contributed by atoms with Crippen molar-refractivity contribution < 1.29 is 31.3 Å². The van der Waals surface area contributed by atoms with Crippen LogP contribution in [0.2, 0.25) is 0 Å². The molecule has 0 aliphatic carbocycles. The molecule has 0 unspecified atom stereocenters. The molecular formula is C26H29F5N8O2. The Labute approximate surface area is 232 Å². The number of rotatable bonds is 7. The van der Waals surface area contributed by atoms with Crippen LogP contribution in [-0.4, -0.2) is 75.7 Å². The third-order valence-corrected chi connectivity index (χ3v) is 7.56. The van der Waals surface area contributed by atoms with E-state index >= 15 is 0 Å². The number of amides is 1. The Balaban J connectivity index is 1.21. The minimum absolute atomic E-state index is 0.0156. The molecule has 5 rings (SSSR count). The van der Waals surface area contributed by atoms with Crippen LogP contribution >= 0.6 is 0 Å². The smallest absolute Gasteiger partial charge is 0.324 e. The molecular weight excluding hydrogens is 551 g/mol. The number of nitrogens with zero attached hydrogens (tertiary/aromatic N) is 7. The van der Waals surface area contributed by atoms with Gasteiger partial charge in [-0.15, -0.1) is 0 Å². The fourth-order valence-electron chi connectivity index (χ4n) is 5.36. The second-order valence-electron chi connectivity index (χ2n) is 10.3. The van der Waals surface area contributed by atoms with E-state index in [9.17, 15) is 26.7 Å². The number of halogens is 5. The van der Waals surface area contributed by atoms with Crippen LogP contribution in [0.1, 0.15) is 54.4 Å². The van der Waals surface area contributed by atoms with E-state index in [1.165, 1.54) is 12.4 Å². The van der Waals surface area contributed by atoms with E-state index in [-0.39, 0.29) is 48.1 Å². The first-order valence-corrected chi connectivity index (χ1v) is 13.2. The Kier molecular flexibility index (Phi) is 7.81. The Hall–Kier alpha value is -3.88. The molecule has 0 spiro atoms. The Morgan fingerprint density at radius 3 is 2.34 bits per heavy atom. The second-order valence-corrected chi connectivity index (χ2v) is 10.3. The van der Waals surface area contributed by atoms with Gasteiger partial charge in [0.1, 0.15) is 5.82 Å². The molecule has 0 bridgehead atoms. The predicted molar refractivity (Wildman–Crippen MR) is 137 cm³/mol. The minimum Gasteiger partial charge on any atom is -0.339 e. The molecule has 220 valence electrons. The number of aromatic nitrogens is 4. The van der Waals surface area contributed by atoms with Gasteiger partial charge in [0.15, 0.2) is 11.6 Å². The van der Waals surface area contributed by atoms with E-state index in [1.54, 1.807) is 14.7 Å². The number of carbonyl (C=O) groups is 1. The van der Waals surface area contributed by atoms with Crippen molar-refractivity contribution in [3.8, 4) is 0 Å². The Morgan fingerprint density at radius 1 is 1.07 bits per heavy atom. The number of anilines is 2. The van der Waals surface area contributed by atoms with Crippen molar-refractivity contribution in [3.63, 3.8) is 0 Å². The number of hydrogen-bond donors (Lipinski definition) is 1. The van der Waals surface area contributed by atoms with Gasteiger partial charge in [0.25, 0.3) is 5.91 Å². The van der Waals surface area contributed by atoms with Crippen LogP contribution in [0.25, 0.3) is 0 Å². The average Bonchev–Trinajstić information content (AvgIpc) is 3.59. The third kappa shape index (κ3) is 5.80. The second kappa shape index (κ2) is 11.2. The van der Waals surface area contributed by atoms with E-state index in [4.69, 9.17) is 10.3 Å². The van der Waals surface area contributed by atoms with Crippen LogP contribution in [0.4, 0.5) is 33.9 Å². The number of alkyl halides is 2. The predicted octanol–water partition coefficient (Wildman–Crippen LogP) is 3.45. The number of benzene rings is 1. The highest BCUT2D eigenvalue weighted by Gasteiger charge is 2.36. The summed E-state index contributed by atoms with van der Waals surface area (Å²) in [4.78, 5) is 30.9. The quantitative estimate of drug-likeness (QED) is 0.331. The lowest BCUT2D eigenvalue weighted by molar-refractivity contribution is 0.00558. The lowest BCUT2D eigenvalue weighted by Crippen LogP contribution is -2.47. The summed E-state index contributed by atoms with van der Waals surface area (Å²) in [5.74, 6) is -7.76. The van der Waals surface area contributed by atoms with Crippen molar-refractivity contribution in [3.05, 3.63) is 58.9 Å². The van der Waals surface area contributed by atoms with Gasteiger partial charge in [-0.2, -0.15) is 13.8 Å². The number of piperidine rings is 1. The van der Waals surface area contributed by atoms with Gasteiger partial charge in [0.2, 0.25) is 11.8 Å². The third-order valence-electron chi connectivity index (χ3n) is 7.56. The highest BCUT2D eigenvalue weighted by Crippen LogP contribution is 2.32. The molecule has 2 saturated heterocycles. The molecule has 3 aromatic rings. The fraction of sp³-hybridized carbons (Fsp3) is 0.500. The Bertz CT molecular complexity index is 1390. The standard InChI is InChI=1S/C26H29F5N8O2/c1-3-39(15-4-6-37(7-5-15)25-35-23(36-41-25)26(2,30)31)22(40)14-10-33-24(34-11-14)38-12-17(21(32)13-38)16-8-19(28)20(29)9-18(16)27/h8-11,15,17,21H,3-7,12-13,32H2,1-2H3/t17-,21+/m1/s1. The number of carbonyl (C=O) groups excluding carboxylic acids is 1. The first-order chi connectivity index (χ1) is 19.5. The lowest BCUT2D eigenvalue weighted by Gasteiger charge is -2.37. The minimum atomic E-state index is -3.20. The normalized spacial score (nSPS) is 20.1. The highest BCUT2D eigenvalue weighted by molar-refractivity contribution is 5.94. The van der Waals surface area contributed by atoms with Crippen LogP contribution in [0, 0.1) is 17.5 Å².